The number of benzene rings is 1. The molecule has 2 N–H and O–H groups in total. The minimum Gasteiger partial charge on any atom is -0.378 e. The lowest BCUT2D eigenvalue weighted by Crippen LogP contribution is -2.53. The lowest BCUT2D eigenvalue weighted by molar-refractivity contribution is -0.125. The maximum absolute atomic E-state index is 13.2. The van der Waals surface area contributed by atoms with Gasteiger partial charge in [0.25, 0.3) is 0 Å². The molecule has 0 aromatic heterocycles. The van der Waals surface area contributed by atoms with Gasteiger partial charge in [0.1, 0.15) is 11.9 Å². The molecular weight excluding hydrogens is 339 g/mol. The summed E-state index contributed by atoms with van der Waals surface area (Å²) in [5.41, 5.74) is 0.348. The number of amides is 2. The fourth-order valence-electron chi connectivity index (χ4n) is 2.46. The van der Waals surface area contributed by atoms with Crippen LogP contribution in [-0.2, 0) is 14.3 Å². The van der Waals surface area contributed by atoms with Gasteiger partial charge >= 0.3 is 0 Å². The van der Waals surface area contributed by atoms with Gasteiger partial charge in [0.05, 0.1) is 24.7 Å². The first-order chi connectivity index (χ1) is 11.5. The molecule has 0 radical (unpaired) electrons. The van der Waals surface area contributed by atoms with E-state index in [1.807, 2.05) is 4.90 Å². The summed E-state index contributed by atoms with van der Waals surface area (Å²) < 4.78 is 18.4. The van der Waals surface area contributed by atoms with Crippen molar-refractivity contribution in [1.29, 1.82) is 0 Å². The maximum atomic E-state index is 13.2. The molecule has 9 heteroatoms. The second-order valence-electron chi connectivity index (χ2n) is 5.44. The summed E-state index contributed by atoms with van der Waals surface area (Å²) >= 11 is 5.69. The average molecular weight is 355 g/mol. The zero-order valence-corrected chi connectivity index (χ0v) is 13.5. The highest BCUT2D eigenvalue weighted by Gasteiger charge is 2.29. The highest BCUT2D eigenvalue weighted by Crippen LogP contribution is 2.20. The van der Waals surface area contributed by atoms with Crippen molar-refractivity contribution in [3.63, 3.8) is 0 Å². The summed E-state index contributed by atoms with van der Waals surface area (Å²) in [6.07, 6.45) is -0.0470. The van der Waals surface area contributed by atoms with Gasteiger partial charge in [-0.2, -0.15) is 0 Å². The van der Waals surface area contributed by atoms with Crippen LogP contribution >= 0.6 is 11.6 Å². The molecule has 0 aliphatic carbocycles. The molecule has 128 valence electrons. The van der Waals surface area contributed by atoms with E-state index in [0.717, 1.165) is 6.07 Å². The van der Waals surface area contributed by atoms with Crippen LogP contribution in [0.15, 0.2) is 23.2 Å². The molecule has 1 atom stereocenters. The largest absolute Gasteiger partial charge is 0.378 e. The molecular formula is C15H16ClFN4O3. The molecule has 0 bridgehead atoms. The van der Waals surface area contributed by atoms with Crippen molar-refractivity contribution in [2.75, 3.05) is 31.6 Å². The van der Waals surface area contributed by atoms with Gasteiger partial charge in [-0.25, -0.2) is 9.38 Å². The van der Waals surface area contributed by atoms with Gasteiger partial charge < -0.3 is 15.0 Å². The summed E-state index contributed by atoms with van der Waals surface area (Å²) in [5, 5.41) is 5.19. The van der Waals surface area contributed by atoms with Gasteiger partial charge in [-0.3, -0.25) is 14.9 Å². The molecule has 0 saturated carbocycles. The van der Waals surface area contributed by atoms with Crippen LogP contribution < -0.4 is 10.6 Å². The number of halogens is 2. The predicted molar refractivity (Wildman–Crippen MR) is 86.4 cm³/mol. The van der Waals surface area contributed by atoms with E-state index < -0.39 is 17.8 Å². The first-order valence-electron chi connectivity index (χ1n) is 7.49. The number of nitrogens with one attached hydrogen (secondary N) is 2. The highest BCUT2D eigenvalue weighted by molar-refractivity contribution is 6.31. The molecule has 2 aliphatic rings. The van der Waals surface area contributed by atoms with E-state index in [9.17, 15) is 14.0 Å². The van der Waals surface area contributed by atoms with Gasteiger partial charge in [0.15, 0.2) is 0 Å². The zero-order chi connectivity index (χ0) is 17.1. The Bertz CT molecular complexity index is 691. The number of aliphatic imine (C=N–C) groups is 1. The Morgan fingerprint density at radius 1 is 1.42 bits per heavy atom. The number of morpholine rings is 1. The van der Waals surface area contributed by atoms with E-state index in [-0.39, 0.29) is 17.4 Å². The van der Waals surface area contributed by atoms with Crippen molar-refractivity contribution in [3.8, 4) is 0 Å². The third-order valence-corrected chi connectivity index (χ3v) is 4.00. The highest BCUT2D eigenvalue weighted by atomic mass is 35.5. The van der Waals surface area contributed by atoms with E-state index in [1.54, 1.807) is 0 Å². The van der Waals surface area contributed by atoms with E-state index >= 15 is 0 Å². The number of carbonyl (C=O) groups is 2. The first-order valence-corrected chi connectivity index (χ1v) is 7.87. The Hall–Kier alpha value is -2.19. The second kappa shape index (κ2) is 7.14. The van der Waals surface area contributed by atoms with Crippen molar-refractivity contribution in [1.82, 2.24) is 10.2 Å². The Balaban J connectivity index is 1.72. The Morgan fingerprint density at radius 3 is 2.88 bits per heavy atom. The number of carbonyl (C=O) groups excluding carboxylic acids is 2. The molecule has 1 aromatic rings. The van der Waals surface area contributed by atoms with Gasteiger partial charge in [0, 0.05) is 18.8 Å². The summed E-state index contributed by atoms with van der Waals surface area (Å²) in [5.74, 6) is -0.909. The van der Waals surface area contributed by atoms with Gasteiger partial charge in [-0.1, -0.05) is 11.6 Å². The topological polar surface area (TPSA) is 83.0 Å². The van der Waals surface area contributed by atoms with E-state index in [1.165, 1.54) is 12.1 Å². The van der Waals surface area contributed by atoms with Gasteiger partial charge in [-0.15, -0.1) is 0 Å². The minimum atomic E-state index is -0.847. The van der Waals surface area contributed by atoms with Crippen molar-refractivity contribution >= 4 is 35.1 Å². The van der Waals surface area contributed by atoms with Gasteiger partial charge in [-0.05, 0) is 18.2 Å². The quantitative estimate of drug-likeness (QED) is 0.830. The van der Waals surface area contributed by atoms with Crippen LogP contribution in [0.1, 0.15) is 6.42 Å². The number of nitrogens with zero attached hydrogens (tertiary/aromatic N) is 2. The Morgan fingerprint density at radius 2 is 2.17 bits per heavy atom. The number of ether oxygens (including phenoxy) is 1. The van der Waals surface area contributed by atoms with Crippen molar-refractivity contribution in [3.05, 3.63) is 29.0 Å². The SMILES string of the molecule is O=C1C[C@H](C(=O)Nc2ccc(F)c(Cl)c2)N=C(N2CCOCC2)N1. The fraction of sp³-hybridized carbons (Fsp3) is 0.400. The fourth-order valence-corrected chi connectivity index (χ4v) is 2.64. The summed E-state index contributed by atoms with van der Waals surface area (Å²) in [6.45, 7) is 2.28. The number of anilines is 1. The molecule has 0 spiro atoms. The number of guanidine groups is 1. The van der Waals surface area contributed by atoms with Gasteiger partial charge in [0.2, 0.25) is 17.8 Å². The number of hydrogen-bond donors (Lipinski definition) is 2. The molecule has 2 heterocycles. The maximum Gasteiger partial charge on any atom is 0.249 e. The van der Waals surface area contributed by atoms with E-state index in [4.69, 9.17) is 16.3 Å². The molecule has 1 fully saturated rings. The van der Waals surface area contributed by atoms with Crippen LogP contribution in [0.3, 0.4) is 0 Å². The molecule has 2 aliphatic heterocycles. The third-order valence-electron chi connectivity index (χ3n) is 3.71. The molecule has 0 unspecified atom stereocenters. The van der Waals surface area contributed by atoms with Crippen LogP contribution in [0.5, 0.6) is 0 Å². The van der Waals surface area contributed by atoms with Crippen LogP contribution in [0.25, 0.3) is 0 Å². The number of rotatable bonds is 2. The van der Waals surface area contributed by atoms with Crippen LogP contribution in [-0.4, -0.2) is 55.0 Å². The van der Waals surface area contributed by atoms with Crippen LogP contribution in [0.2, 0.25) is 5.02 Å². The summed E-state index contributed by atoms with van der Waals surface area (Å²) in [4.78, 5) is 30.4. The molecule has 24 heavy (non-hydrogen) atoms. The summed E-state index contributed by atoms with van der Waals surface area (Å²) in [7, 11) is 0. The molecule has 3 rings (SSSR count). The monoisotopic (exact) mass is 354 g/mol. The smallest absolute Gasteiger partial charge is 0.249 e. The third kappa shape index (κ3) is 3.82. The van der Waals surface area contributed by atoms with Crippen molar-refractivity contribution in [2.24, 2.45) is 4.99 Å². The first kappa shape index (κ1) is 16.7. The molecule has 2 amide bonds. The van der Waals surface area contributed by atoms with Crippen LogP contribution in [0, 0.1) is 5.82 Å². The minimum absolute atomic E-state index is 0.0470. The summed E-state index contributed by atoms with van der Waals surface area (Å²) in [6, 6.07) is 3.02. The lowest BCUT2D eigenvalue weighted by Gasteiger charge is -2.32. The molecule has 7 nitrogen and oxygen atoms in total. The Kier molecular flexibility index (Phi) is 4.96. The van der Waals surface area contributed by atoms with E-state index in [0.29, 0.717) is 38.0 Å². The second-order valence-corrected chi connectivity index (χ2v) is 5.85. The Labute approximate surface area is 142 Å². The van der Waals surface area contributed by atoms with Crippen molar-refractivity contribution in [2.45, 2.75) is 12.5 Å². The molecule has 1 saturated heterocycles. The van der Waals surface area contributed by atoms with Crippen molar-refractivity contribution < 1.29 is 18.7 Å². The van der Waals surface area contributed by atoms with E-state index in [2.05, 4.69) is 15.6 Å². The lowest BCUT2D eigenvalue weighted by atomic mass is 10.1. The van der Waals surface area contributed by atoms with Crippen LogP contribution in [0.4, 0.5) is 10.1 Å². The zero-order valence-electron chi connectivity index (χ0n) is 12.7. The number of hydrogen-bond acceptors (Lipinski definition) is 5. The normalized spacial score (nSPS) is 21.1. The molecule has 1 aromatic carbocycles. The standard InChI is InChI=1S/C15H16ClFN4O3/c16-10-7-9(1-2-11(10)17)18-14(23)12-8-13(22)20-15(19-12)21-3-5-24-6-4-21/h1-2,7,12H,3-6,8H2,(H,18,23)(H,19,20,22)/t12-/m1/s1. The average Bonchev–Trinajstić information content (AvgIpc) is 2.58. The predicted octanol–water partition coefficient (Wildman–Crippen LogP) is 0.994.